The number of hydrogen-bond donors (Lipinski definition) is 1. The summed E-state index contributed by atoms with van der Waals surface area (Å²) in [7, 11) is 0. The van der Waals surface area contributed by atoms with Gasteiger partial charge in [0.1, 0.15) is 5.54 Å². The Labute approximate surface area is 116 Å². The SMILES string of the molecule is CCOCCC1CCCC1(NC1CC1)C(=O)OCC. The van der Waals surface area contributed by atoms with Crippen molar-refractivity contribution in [3.63, 3.8) is 0 Å². The highest BCUT2D eigenvalue weighted by molar-refractivity contribution is 5.82. The standard InChI is InChI=1S/C15H27NO3/c1-3-18-11-9-12-6-5-10-15(12,14(17)19-4-2)16-13-7-8-13/h12-13,16H,3-11H2,1-2H3. The van der Waals surface area contributed by atoms with Crippen LogP contribution in [0.2, 0.25) is 0 Å². The molecule has 1 N–H and O–H groups in total. The molecule has 0 heterocycles. The number of carbonyl (C=O) groups is 1. The number of rotatable bonds is 8. The molecule has 19 heavy (non-hydrogen) atoms. The van der Waals surface area contributed by atoms with E-state index in [9.17, 15) is 4.79 Å². The Bertz CT molecular complexity index is 304. The molecular weight excluding hydrogens is 242 g/mol. The predicted octanol–water partition coefficient (Wildman–Crippen LogP) is 2.27. The van der Waals surface area contributed by atoms with E-state index in [2.05, 4.69) is 5.32 Å². The zero-order valence-electron chi connectivity index (χ0n) is 12.2. The summed E-state index contributed by atoms with van der Waals surface area (Å²) in [6, 6.07) is 0.525. The van der Waals surface area contributed by atoms with E-state index in [1.54, 1.807) is 0 Å². The number of hydrogen-bond acceptors (Lipinski definition) is 4. The van der Waals surface area contributed by atoms with Gasteiger partial charge in [0.05, 0.1) is 6.61 Å². The molecule has 0 amide bonds. The zero-order chi connectivity index (χ0) is 13.7. The fourth-order valence-electron chi connectivity index (χ4n) is 3.21. The average molecular weight is 269 g/mol. The maximum absolute atomic E-state index is 12.4. The second-order valence-electron chi connectivity index (χ2n) is 5.69. The molecule has 0 aliphatic heterocycles. The van der Waals surface area contributed by atoms with Crippen LogP contribution in [0.5, 0.6) is 0 Å². The molecule has 110 valence electrons. The van der Waals surface area contributed by atoms with E-state index in [-0.39, 0.29) is 5.97 Å². The van der Waals surface area contributed by atoms with Gasteiger partial charge < -0.3 is 9.47 Å². The molecule has 2 rings (SSSR count). The molecule has 2 saturated carbocycles. The van der Waals surface area contributed by atoms with E-state index >= 15 is 0 Å². The van der Waals surface area contributed by atoms with Crippen LogP contribution in [-0.4, -0.2) is 37.4 Å². The van der Waals surface area contributed by atoms with E-state index in [0.717, 1.165) is 38.9 Å². The second kappa shape index (κ2) is 6.71. The van der Waals surface area contributed by atoms with E-state index in [0.29, 0.717) is 18.6 Å². The van der Waals surface area contributed by atoms with Gasteiger partial charge in [-0.15, -0.1) is 0 Å². The van der Waals surface area contributed by atoms with Crippen LogP contribution in [0, 0.1) is 5.92 Å². The van der Waals surface area contributed by atoms with Crippen LogP contribution in [0.3, 0.4) is 0 Å². The summed E-state index contributed by atoms with van der Waals surface area (Å²) in [4.78, 5) is 12.4. The van der Waals surface area contributed by atoms with Crippen molar-refractivity contribution in [1.82, 2.24) is 5.32 Å². The van der Waals surface area contributed by atoms with Gasteiger partial charge in [-0.1, -0.05) is 6.42 Å². The smallest absolute Gasteiger partial charge is 0.326 e. The van der Waals surface area contributed by atoms with Crippen molar-refractivity contribution in [2.75, 3.05) is 19.8 Å². The molecule has 0 spiro atoms. The van der Waals surface area contributed by atoms with Crippen molar-refractivity contribution in [2.24, 2.45) is 5.92 Å². The maximum Gasteiger partial charge on any atom is 0.326 e. The Hall–Kier alpha value is -0.610. The van der Waals surface area contributed by atoms with Crippen molar-refractivity contribution in [2.45, 2.75) is 64.0 Å². The van der Waals surface area contributed by atoms with Gasteiger partial charge >= 0.3 is 5.97 Å². The summed E-state index contributed by atoms with van der Waals surface area (Å²) in [5.74, 6) is 0.319. The van der Waals surface area contributed by atoms with Crippen molar-refractivity contribution in [3.8, 4) is 0 Å². The summed E-state index contributed by atoms with van der Waals surface area (Å²) >= 11 is 0. The first-order valence-corrected chi connectivity index (χ1v) is 7.75. The minimum Gasteiger partial charge on any atom is -0.465 e. The molecule has 4 nitrogen and oxygen atoms in total. The van der Waals surface area contributed by atoms with Crippen molar-refractivity contribution in [3.05, 3.63) is 0 Å². The Kier molecular flexibility index (Phi) is 5.22. The Morgan fingerprint density at radius 3 is 2.68 bits per heavy atom. The summed E-state index contributed by atoms with van der Waals surface area (Å²) in [6.07, 6.45) is 6.46. The van der Waals surface area contributed by atoms with Crippen LogP contribution in [0.15, 0.2) is 0 Å². The Balaban J connectivity index is 2.02. The first-order chi connectivity index (χ1) is 9.23. The minimum absolute atomic E-state index is 0.0408. The van der Waals surface area contributed by atoms with Crippen molar-refractivity contribution >= 4 is 5.97 Å². The monoisotopic (exact) mass is 269 g/mol. The van der Waals surface area contributed by atoms with Gasteiger partial charge in [0.2, 0.25) is 0 Å². The van der Waals surface area contributed by atoms with Gasteiger partial charge in [0.15, 0.2) is 0 Å². The molecule has 0 bridgehead atoms. The predicted molar refractivity (Wildman–Crippen MR) is 74.0 cm³/mol. The third kappa shape index (κ3) is 3.48. The minimum atomic E-state index is -0.436. The molecular formula is C15H27NO3. The fraction of sp³-hybridized carbons (Fsp3) is 0.933. The quantitative estimate of drug-likeness (QED) is 0.542. The van der Waals surface area contributed by atoms with Gasteiger partial charge in [-0.2, -0.15) is 0 Å². The largest absolute Gasteiger partial charge is 0.465 e. The Morgan fingerprint density at radius 2 is 2.05 bits per heavy atom. The molecule has 2 aliphatic carbocycles. The summed E-state index contributed by atoms with van der Waals surface area (Å²) < 4.78 is 10.8. The summed E-state index contributed by atoms with van der Waals surface area (Å²) in [5.41, 5.74) is -0.436. The lowest BCUT2D eigenvalue weighted by Gasteiger charge is -2.34. The molecule has 0 aromatic carbocycles. The summed E-state index contributed by atoms with van der Waals surface area (Å²) in [5, 5.41) is 3.60. The molecule has 0 aromatic rings. The van der Waals surface area contributed by atoms with Crippen LogP contribution in [0.1, 0.15) is 52.4 Å². The molecule has 2 fully saturated rings. The topological polar surface area (TPSA) is 47.6 Å². The first kappa shape index (κ1) is 14.8. The highest BCUT2D eigenvalue weighted by Crippen LogP contribution is 2.41. The molecule has 0 radical (unpaired) electrons. The van der Waals surface area contributed by atoms with Gasteiger partial charge in [-0.25, -0.2) is 0 Å². The van der Waals surface area contributed by atoms with Gasteiger partial charge in [-0.3, -0.25) is 10.1 Å². The van der Waals surface area contributed by atoms with E-state index < -0.39 is 5.54 Å². The lowest BCUT2D eigenvalue weighted by Crippen LogP contribution is -2.56. The van der Waals surface area contributed by atoms with Crippen molar-refractivity contribution in [1.29, 1.82) is 0 Å². The molecule has 0 aromatic heterocycles. The van der Waals surface area contributed by atoms with Gasteiger partial charge in [0, 0.05) is 19.3 Å². The highest BCUT2D eigenvalue weighted by Gasteiger charge is 2.51. The molecule has 4 heteroatoms. The third-order valence-corrected chi connectivity index (χ3v) is 4.31. The fourth-order valence-corrected chi connectivity index (χ4v) is 3.21. The highest BCUT2D eigenvalue weighted by atomic mass is 16.5. The van der Waals surface area contributed by atoms with Crippen LogP contribution in [-0.2, 0) is 14.3 Å². The zero-order valence-corrected chi connectivity index (χ0v) is 12.2. The van der Waals surface area contributed by atoms with Crippen molar-refractivity contribution < 1.29 is 14.3 Å². The first-order valence-electron chi connectivity index (χ1n) is 7.75. The molecule has 2 unspecified atom stereocenters. The van der Waals surface area contributed by atoms with E-state index in [1.165, 1.54) is 12.8 Å². The number of esters is 1. The number of ether oxygens (including phenoxy) is 2. The number of nitrogens with one attached hydrogen (secondary N) is 1. The normalized spacial score (nSPS) is 30.5. The van der Waals surface area contributed by atoms with Crippen LogP contribution in [0.4, 0.5) is 0 Å². The molecule has 0 saturated heterocycles. The van der Waals surface area contributed by atoms with Crippen LogP contribution < -0.4 is 5.32 Å². The van der Waals surface area contributed by atoms with Crippen LogP contribution >= 0.6 is 0 Å². The van der Waals surface area contributed by atoms with E-state index in [4.69, 9.17) is 9.47 Å². The second-order valence-corrected chi connectivity index (χ2v) is 5.69. The van der Waals surface area contributed by atoms with Gasteiger partial charge in [0.25, 0.3) is 0 Å². The molecule has 2 aliphatic rings. The van der Waals surface area contributed by atoms with E-state index in [1.807, 2.05) is 13.8 Å². The average Bonchev–Trinajstić information content (AvgIpc) is 3.11. The maximum atomic E-state index is 12.4. The third-order valence-electron chi connectivity index (χ3n) is 4.31. The lowest BCUT2D eigenvalue weighted by molar-refractivity contribution is -0.153. The van der Waals surface area contributed by atoms with Crippen LogP contribution in [0.25, 0.3) is 0 Å². The summed E-state index contributed by atoms with van der Waals surface area (Å²) in [6.45, 7) is 5.84. The van der Waals surface area contributed by atoms with Gasteiger partial charge in [-0.05, 0) is 51.9 Å². The Morgan fingerprint density at radius 1 is 1.26 bits per heavy atom. The lowest BCUT2D eigenvalue weighted by atomic mass is 9.84. The number of carbonyl (C=O) groups excluding carboxylic acids is 1. The molecule has 2 atom stereocenters.